The Morgan fingerprint density at radius 3 is 2.62 bits per heavy atom. The number of fused-ring (bicyclic) bond motifs is 3. The average molecular weight is 324 g/mol. The molecule has 0 radical (unpaired) electrons. The summed E-state index contributed by atoms with van der Waals surface area (Å²) >= 11 is 0. The summed E-state index contributed by atoms with van der Waals surface area (Å²) in [5, 5.41) is 6.15. The van der Waals surface area contributed by atoms with E-state index in [0.29, 0.717) is 0 Å². The van der Waals surface area contributed by atoms with Crippen molar-refractivity contribution in [2.24, 2.45) is 7.05 Å². The molecule has 2 heterocycles. The number of aryl methyl sites for hydroxylation is 2. The Balaban J connectivity index is 1.82. The van der Waals surface area contributed by atoms with Gasteiger partial charge < -0.3 is 14.8 Å². The molecule has 1 aromatic carbocycles. The number of likely N-dealkylation sites (N-methyl/N-ethyl adjacent to an activating group) is 1. The molecule has 0 fully saturated rings. The molecule has 4 nitrogen and oxygen atoms in total. The molecule has 24 heavy (non-hydrogen) atoms. The molecule has 3 rings (SSSR count). The Morgan fingerprint density at radius 2 is 1.88 bits per heavy atom. The molecule has 0 unspecified atom stereocenters. The summed E-state index contributed by atoms with van der Waals surface area (Å²) in [6.07, 6.45) is 0. The normalized spacial score (nSPS) is 11.9. The molecule has 2 aromatic heterocycles. The van der Waals surface area contributed by atoms with E-state index in [4.69, 9.17) is 4.98 Å². The van der Waals surface area contributed by atoms with Crippen LogP contribution < -0.4 is 5.32 Å². The van der Waals surface area contributed by atoms with Crippen LogP contribution in [0.15, 0.2) is 30.3 Å². The molecule has 0 aliphatic heterocycles. The second-order valence-electron chi connectivity index (χ2n) is 6.37. The van der Waals surface area contributed by atoms with Gasteiger partial charge in [0.15, 0.2) is 0 Å². The van der Waals surface area contributed by atoms with Crippen molar-refractivity contribution in [2.45, 2.75) is 27.3 Å². The maximum atomic E-state index is 4.82. The lowest BCUT2D eigenvalue weighted by atomic mass is 10.1. The first kappa shape index (κ1) is 16.9. The predicted molar refractivity (Wildman–Crippen MR) is 102 cm³/mol. The minimum absolute atomic E-state index is 0.821. The number of rotatable bonds is 7. The fourth-order valence-electron chi connectivity index (χ4n) is 3.56. The molecule has 1 N–H and O–H groups in total. The molecule has 0 aliphatic carbocycles. The minimum atomic E-state index is 0.821. The van der Waals surface area contributed by atoms with Gasteiger partial charge in [-0.1, -0.05) is 32.0 Å². The third-order valence-corrected chi connectivity index (χ3v) is 4.92. The van der Waals surface area contributed by atoms with Crippen molar-refractivity contribution >= 4 is 21.8 Å². The first-order valence-corrected chi connectivity index (χ1v) is 8.92. The highest BCUT2D eigenvalue weighted by Crippen LogP contribution is 2.29. The first-order chi connectivity index (χ1) is 11.7. The van der Waals surface area contributed by atoms with E-state index in [9.17, 15) is 0 Å². The predicted octanol–water partition coefficient (Wildman–Crippen LogP) is 3.47. The highest BCUT2D eigenvalue weighted by molar-refractivity contribution is 6.08. The van der Waals surface area contributed by atoms with Gasteiger partial charge in [-0.2, -0.15) is 0 Å². The third kappa shape index (κ3) is 3.17. The molecule has 0 saturated heterocycles. The largest absolute Gasteiger partial charge is 0.342 e. The van der Waals surface area contributed by atoms with E-state index < -0.39 is 0 Å². The minimum Gasteiger partial charge on any atom is -0.342 e. The number of hydrogen-bond donors (Lipinski definition) is 1. The van der Waals surface area contributed by atoms with E-state index in [1.54, 1.807) is 0 Å². The molecule has 0 bridgehead atoms. The second kappa shape index (κ2) is 7.32. The molecule has 3 aromatic rings. The second-order valence-corrected chi connectivity index (χ2v) is 6.37. The lowest BCUT2D eigenvalue weighted by molar-refractivity contribution is 0.302. The molecule has 0 saturated carbocycles. The van der Waals surface area contributed by atoms with Crippen LogP contribution in [0.3, 0.4) is 0 Å². The Bertz CT molecular complexity index is 830. The number of para-hydroxylation sites is 1. The van der Waals surface area contributed by atoms with Crippen molar-refractivity contribution in [3.05, 3.63) is 41.7 Å². The van der Waals surface area contributed by atoms with E-state index in [1.165, 1.54) is 21.8 Å². The van der Waals surface area contributed by atoms with Crippen molar-refractivity contribution in [2.75, 3.05) is 26.2 Å². The van der Waals surface area contributed by atoms with Crippen LogP contribution in [0.5, 0.6) is 0 Å². The van der Waals surface area contributed by atoms with Gasteiger partial charge in [0.05, 0.1) is 16.9 Å². The van der Waals surface area contributed by atoms with E-state index in [1.807, 2.05) is 0 Å². The summed E-state index contributed by atoms with van der Waals surface area (Å²) < 4.78 is 2.25. The van der Waals surface area contributed by atoms with Crippen molar-refractivity contribution in [1.29, 1.82) is 0 Å². The molecule has 0 atom stereocenters. The summed E-state index contributed by atoms with van der Waals surface area (Å²) in [6.45, 7) is 11.7. The number of hydrogen-bond acceptors (Lipinski definition) is 3. The summed E-state index contributed by atoms with van der Waals surface area (Å²) in [6, 6.07) is 10.8. The summed E-state index contributed by atoms with van der Waals surface area (Å²) in [5.41, 5.74) is 4.73. The Labute approximate surface area is 144 Å². The number of nitrogens with zero attached hydrogens (tertiary/aromatic N) is 3. The van der Waals surface area contributed by atoms with Gasteiger partial charge in [-0.15, -0.1) is 0 Å². The fraction of sp³-hybridized carbons (Fsp3) is 0.450. The summed E-state index contributed by atoms with van der Waals surface area (Å²) in [4.78, 5) is 7.25. The smallest absolute Gasteiger partial charge is 0.0705 e. The molecular weight excluding hydrogens is 296 g/mol. The molecule has 128 valence electrons. The maximum Gasteiger partial charge on any atom is 0.0705 e. The van der Waals surface area contributed by atoms with Crippen LogP contribution in [0.4, 0.5) is 0 Å². The SMILES string of the molecule is CCN(CC)CCNCc1cc2c3ccccc3n(C)c2c(C)n1. The standard InChI is InChI=1S/C20H28N4/c1-5-24(6-2)12-11-21-14-16-13-18-17-9-7-8-10-19(17)23(4)20(18)15(3)22-16/h7-10,13,21H,5-6,11-12,14H2,1-4H3. The highest BCUT2D eigenvalue weighted by Gasteiger charge is 2.12. The maximum absolute atomic E-state index is 4.82. The van der Waals surface area contributed by atoms with Crippen LogP contribution in [-0.4, -0.2) is 40.6 Å². The van der Waals surface area contributed by atoms with Gasteiger partial charge in [-0.25, -0.2) is 0 Å². The first-order valence-electron chi connectivity index (χ1n) is 8.92. The number of aromatic nitrogens is 2. The van der Waals surface area contributed by atoms with Crippen molar-refractivity contribution in [3.63, 3.8) is 0 Å². The van der Waals surface area contributed by atoms with Gasteiger partial charge in [0.1, 0.15) is 0 Å². The number of nitrogens with one attached hydrogen (secondary N) is 1. The highest BCUT2D eigenvalue weighted by atomic mass is 15.1. The zero-order valence-electron chi connectivity index (χ0n) is 15.3. The van der Waals surface area contributed by atoms with E-state index >= 15 is 0 Å². The molecule has 0 spiro atoms. The fourth-order valence-corrected chi connectivity index (χ4v) is 3.56. The molecule has 0 aliphatic rings. The van der Waals surface area contributed by atoms with Gasteiger partial charge in [-0.05, 0) is 32.1 Å². The molecular formula is C20H28N4. The van der Waals surface area contributed by atoms with Gasteiger partial charge in [0.25, 0.3) is 0 Å². The van der Waals surface area contributed by atoms with Gasteiger partial charge in [-0.3, -0.25) is 4.98 Å². The van der Waals surface area contributed by atoms with Crippen LogP contribution in [0.2, 0.25) is 0 Å². The Morgan fingerprint density at radius 1 is 1.12 bits per heavy atom. The third-order valence-electron chi connectivity index (χ3n) is 4.92. The van der Waals surface area contributed by atoms with E-state index in [-0.39, 0.29) is 0 Å². The van der Waals surface area contributed by atoms with Crippen molar-refractivity contribution in [3.8, 4) is 0 Å². The number of benzene rings is 1. The zero-order chi connectivity index (χ0) is 17.1. The Kier molecular flexibility index (Phi) is 5.17. The van der Waals surface area contributed by atoms with Crippen LogP contribution in [0.1, 0.15) is 25.2 Å². The van der Waals surface area contributed by atoms with Crippen LogP contribution in [0.25, 0.3) is 21.8 Å². The van der Waals surface area contributed by atoms with Crippen LogP contribution in [-0.2, 0) is 13.6 Å². The lowest BCUT2D eigenvalue weighted by Crippen LogP contribution is -2.31. The monoisotopic (exact) mass is 324 g/mol. The lowest BCUT2D eigenvalue weighted by Gasteiger charge is -2.18. The summed E-state index contributed by atoms with van der Waals surface area (Å²) in [5.74, 6) is 0. The number of pyridine rings is 1. The van der Waals surface area contributed by atoms with Gasteiger partial charge >= 0.3 is 0 Å². The molecule has 0 amide bonds. The van der Waals surface area contributed by atoms with Crippen molar-refractivity contribution < 1.29 is 0 Å². The van der Waals surface area contributed by atoms with E-state index in [2.05, 4.69) is 72.9 Å². The van der Waals surface area contributed by atoms with Crippen molar-refractivity contribution in [1.82, 2.24) is 19.8 Å². The molecule has 4 heteroatoms. The topological polar surface area (TPSA) is 33.1 Å². The Hall–Kier alpha value is -1.91. The quantitative estimate of drug-likeness (QED) is 0.676. The van der Waals surface area contributed by atoms with E-state index in [0.717, 1.165) is 44.1 Å². The van der Waals surface area contributed by atoms with Crippen LogP contribution >= 0.6 is 0 Å². The van der Waals surface area contributed by atoms with Crippen LogP contribution in [0, 0.1) is 6.92 Å². The van der Waals surface area contributed by atoms with Gasteiger partial charge in [0, 0.05) is 43.0 Å². The zero-order valence-corrected chi connectivity index (χ0v) is 15.3. The van der Waals surface area contributed by atoms with Gasteiger partial charge in [0.2, 0.25) is 0 Å². The average Bonchev–Trinajstić information content (AvgIpc) is 2.89. The summed E-state index contributed by atoms with van der Waals surface area (Å²) in [7, 11) is 2.13.